The topological polar surface area (TPSA) is 55.0 Å². The maximum atomic E-state index is 6.13. The number of nitrogens with two attached hydrogens (primary N) is 1. The Morgan fingerprint density at radius 2 is 1.71 bits per heavy atom. The molecular formula is C17H26N4. The second-order valence-electron chi connectivity index (χ2n) is 7.38. The first-order valence-electron chi connectivity index (χ1n) is 8.56. The molecule has 1 spiro atoms. The van der Waals surface area contributed by atoms with Gasteiger partial charge in [-0.25, -0.2) is 9.97 Å². The van der Waals surface area contributed by atoms with Crippen LogP contribution in [0.3, 0.4) is 0 Å². The van der Waals surface area contributed by atoms with E-state index in [0.717, 1.165) is 30.3 Å². The van der Waals surface area contributed by atoms with Gasteiger partial charge in [0.1, 0.15) is 17.5 Å². The predicted molar refractivity (Wildman–Crippen MR) is 85.5 cm³/mol. The summed E-state index contributed by atoms with van der Waals surface area (Å²) < 4.78 is 0. The van der Waals surface area contributed by atoms with Gasteiger partial charge in [-0.15, -0.1) is 0 Å². The molecule has 4 heteroatoms. The highest BCUT2D eigenvalue weighted by Crippen LogP contribution is 2.47. The summed E-state index contributed by atoms with van der Waals surface area (Å²) >= 11 is 0. The molecule has 0 atom stereocenters. The predicted octanol–water partition coefficient (Wildman–Crippen LogP) is 3.41. The molecule has 1 saturated heterocycles. The van der Waals surface area contributed by atoms with Crippen molar-refractivity contribution in [2.24, 2.45) is 5.41 Å². The smallest absolute Gasteiger partial charge is 0.137 e. The maximum absolute atomic E-state index is 6.13. The van der Waals surface area contributed by atoms with Crippen LogP contribution in [0.5, 0.6) is 0 Å². The fourth-order valence-corrected chi connectivity index (χ4v) is 4.19. The van der Waals surface area contributed by atoms with E-state index in [1.807, 2.05) is 0 Å². The molecule has 2 saturated carbocycles. The molecule has 0 unspecified atom stereocenters. The number of hydrogen-bond acceptors (Lipinski definition) is 4. The third-order valence-electron chi connectivity index (χ3n) is 5.91. The zero-order chi connectivity index (χ0) is 14.4. The zero-order valence-corrected chi connectivity index (χ0v) is 13.1. The van der Waals surface area contributed by atoms with E-state index in [1.54, 1.807) is 0 Å². The van der Waals surface area contributed by atoms with Crippen LogP contribution in [0.4, 0.5) is 11.6 Å². The molecule has 0 amide bonds. The first kappa shape index (κ1) is 13.4. The molecule has 0 radical (unpaired) electrons. The fourth-order valence-electron chi connectivity index (χ4n) is 4.19. The van der Waals surface area contributed by atoms with E-state index in [4.69, 9.17) is 10.7 Å². The third kappa shape index (κ3) is 2.39. The molecule has 2 heterocycles. The van der Waals surface area contributed by atoms with Crippen LogP contribution < -0.4 is 10.6 Å². The van der Waals surface area contributed by atoms with Crippen LogP contribution in [-0.2, 0) is 0 Å². The monoisotopic (exact) mass is 286 g/mol. The summed E-state index contributed by atoms with van der Waals surface area (Å²) in [5.74, 6) is 3.34. The minimum Gasteiger partial charge on any atom is -0.383 e. The number of rotatable bonds is 2. The van der Waals surface area contributed by atoms with Crippen LogP contribution >= 0.6 is 0 Å². The quantitative estimate of drug-likeness (QED) is 0.905. The van der Waals surface area contributed by atoms with Crippen LogP contribution in [0.2, 0.25) is 0 Å². The Bertz CT molecular complexity index is 534. The molecule has 3 fully saturated rings. The van der Waals surface area contributed by atoms with Crippen molar-refractivity contribution < 1.29 is 0 Å². The standard InChI is InChI=1S/C17H26N4/c1-12-14(18)19-15(13-4-5-13)20-16(12)21-10-8-17(9-11-21)6-2-3-7-17/h13H,2-11H2,1H3,(H2,18,19,20). The highest BCUT2D eigenvalue weighted by molar-refractivity contribution is 5.57. The number of aromatic nitrogens is 2. The second kappa shape index (κ2) is 4.85. The summed E-state index contributed by atoms with van der Waals surface area (Å²) in [5.41, 5.74) is 7.86. The average Bonchev–Trinajstić information content (AvgIpc) is 3.25. The Hall–Kier alpha value is -1.32. The van der Waals surface area contributed by atoms with Crippen LogP contribution in [0.1, 0.15) is 68.7 Å². The van der Waals surface area contributed by atoms with Gasteiger partial charge in [0.05, 0.1) is 0 Å². The van der Waals surface area contributed by atoms with Crippen LogP contribution in [0.15, 0.2) is 0 Å². The van der Waals surface area contributed by atoms with Gasteiger partial charge in [0.15, 0.2) is 0 Å². The van der Waals surface area contributed by atoms with Crippen molar-refractivity contribution in [3.05, 3.63) is 11.4 Å². The van der Waals surface area contributed by atoms with Crippen LogP contribution in [0.25, 0.3) is 0 Å². The lowest BCUT2D eigenvalue weighted by Gasteiger charge is -2.40. The first-order chi connectivity index (χ1) is 10.2. The van der Waals surface area contributed by atoms with Crippen molar-refractivity contribution in [3.8, 4) is 0 Å². The van der Waals surface area contributed by atoms with Gasteiger partial charge in [0.2, 0.25) is 0 Å². The number of anilines is 2. The summed E-state index contributed by atoms with van der Waals surface area (Å²) in [7, 11) is 0. The van der Waals surface area contributed by atoms with E-state index in [9.17, 15) is 0 Å². The molecule has 2 aliphatic carbocycles. The number of hydrogen-bond donors (Lipinski definition) is 1. The van der Waals surface area contributed by atoms with Crippen molar-refractivity contribution in [2.45, 2.75) is 64.2 Å². The Kier molecular flexibility index (Phi) is 3.09. The van der Waals surface area contributed by atoms with Gasteiger partial charge in [0.25, 0.3) is 0 Å². The largest absolute Gasteiger partial charge is 0.383 e. The van der Waals surface area contributed by atoms with Crippen molar-refractivity contribution >= 4 is 11.6 Å². The Morgan fingerprint density at radius 1 is 1.05 bits per heavy atom. The minimum absolute atomic E-state index is 0.567. The Labute approximate surface area is 127 Å². The SMILES string of the molecule is Cc1c(N)nc(C2CC2)nc1N1CCC2(CCCC2)CC1. The molecule has 1 aromatic heterocycles. The molecule has 21 heavy (non-hydrogen) atoms. The molecule has 4 rings (SSSR count). The summed E-state index contributed by atoms with van der Waals surface area (Å²) in [6.45, 7) is 4.35. The van der Waals surface area contributed by atoms with Gasteiger partial charge >= 0.3 is 0 Å². The van der Waals surface area contributed by atoms with E-state index in [1.165, 1.54) is 51.4 Å². The Balaban J connectivity index is 1.56. The molecule has 2 N–H and O–H groups in total. The second-order valence-corrected chi connectivity index (χ2v) is 7.38. The van der Waals surface area contributed by atoms with Gasteiger partial charge in [-0.2, -0.15) is 0 Å². The van der Waals surface area contributed by atoms with Crippen LogP contribution in [0, 0.1) is 12.3 Å². The van der Waals surface area contributed by atoms with E-state index < -0.39 is 0 Å². The highest BCUT2D eigenvalue weighted by atomic mass is 15.2. The van der Waals surface area contributed by atoms with Crippen LogP contribution in [-0.4, -0.2) is 23.1 Å². The van der Waals surface area contributed by atoms with Gasteiger partial charge in [-0.1, -0.05) is 12.8 Å². The fraction of sp³-hybridized carbons (Fsp3) is 0.765. The number of nitrogen functional groups attached to an aromatic ring is 1. The third-order valence-corrected chi connectivity index (χ3v) is 5.91. The summed E-state index contributed by atoms with van der Waals surface area (Å²) in [4.78, 5) is 11.8. The summed E-state index contributed by atoms with van der Waals surface area (Å²) in [6.07, 6.45) is 10.9. The normalized spacial score (nSPS) is 24.7. The van der Waals surface area contributed by atoms with E-state index in [0.29, 0.717) is 17.2 Å². The molecule has 114 valence electrons. The molecule has 0 aromatic carbocycles. The lowest BCUT2D eigenvalue weighted by molar-refractivity contribution is 0.226. The van der Waals surface area contributed by atoms with Crippen molar-refractivity contribution in [3.63, 3.8) is 0 Å². The summed E-state index contributed by atoms with van der Waals surface area (Å²) in [5, 5.41) is 0. The summed E-state index contributed by atoms with van der Waals surface area (Å²) in [6, 6.07) is 0. The molecule has 3 aliphatic rings. The molecule has 1 aliphatic heterocycles. The van der Waals surface area contributed by atoms with Gasteiger partial charge in [0, 0.05) is 24.6 Å². The maximum Gasteiger partial charge on any atom is 0.137 e. The number of nitrogens with zero attached hydrogens (tertiary/aromatic N) is 3. The van der Waals surface area contributed by atoms with Gasteiger partial charge in [-0.3, -0.25) is 0 Å². The zero-order valence-electron chi connectivity index (χ0n) is 13.1. The highest BCUT2D eigenvalue weighted by Gasteiger charge is 2.38. The van der Waals surface area contributed by atoms with Crippen molar-refractivity contribution in [1.82, 2.24) is 9.97 Å². The van der Waals surface area contributed by atoms with E-state index >= 15 is 0 Å². The first-order valence-corrected chi connectivity index (χ1v) is 8.56. The van der Waals surface area contributed by atoms with Gasteiger partial charge < -0.3 is 10.6 Å². The molecule has 0 bridgehead atoms. The number of piperidine rings is 1. The van der Waals surface area contributed by atoms with Crippen molar-refractivity contribution in [2.75, 3.05) is 23.7 Å². The molecule has 4 nitrogen and oxygen atoms in total. The molecule has 1 aromatic rings. The Morgan fingerprint density at radius 3 is 2.33 bits per heavy atom. The minimum atomic E-state index is 0.567. The lowest BCUT2D eigenvalue weighted by Crippen LogP contribution is -2.39. The average molecular weight is 286 g/mol. The van der Waals surface area contributed by atoms with Gasteiger partial charge in [-0.05, 0) is 50.9 Å². The van der Waals surface area contributed by atoms with E-state index in [2.05, 4.69) is 16.8 Å². The lowest BCUT2D eigenvalue weighted by atomic mass is 9.77. The van der Waals surface area contributed by atoms with Crippen molar-refractivity contribution in [1.29, 1.82) is 0 Å². The molecular weight excluding hydrogens is 260 g/mol. The van der Waals surface area contributed by atoms with E-state index in [-0.39, 0.29) is 0 Å².